The fourth-order valence-corrected chi connectivity index (χ4v) is 1.27. The van der Waals surface area contributed by atoms with E-state index in [2.05, 4.69) is 25.8 Å². The van der Waals surface area contributed by atoms with Crippen LogP contribution in [0.25, 0.3) is 0 Å². The molecule has 0 saturated carbocycles. The van der Waals surface area contributed by atoms with Crippen molar-refractivity contribution in [3.05, 3.63) is 12.2 Å². The Morgan fingerprint density at radius 2 is 2.06 bits per heavy atom. The number of nitrogens with zero attached hydrogens (tertiary/aromatic N) is 1. The third-order valence-electron chi connectivity index (χ3n) is 2.53. The molecule has 0 aliphatic rings. The van der Waals surface area contributed by atoms with Gasteiger partial charge in [0.05, 0.1) is 6.61 Å². The van der Waals surface area contributed by atoms with Crippen molar-refractivity contribution < 1.29 is 9.84 Å². The van der Waals surface area contributed by atoms with Crippen LogP contribution in [-0.4, -0.2) is 31.3 Å². The van der Waals surface area contributed by atoms with Crippen LogP contribution in [0, 0.1) is 5.41 Å². The lowest BCUT2D eigenvalue weighted by Gasteiger charge is -2.23. The number of aliphatic hydroxyl groups excluding tert-OH is 1. The monoisotopic (exact) mass is 227 g/mol. The first-order chi connectivity index (χ1) is 7.55. The van der Waals surface area contributed by atoms with Gasteiger partial charge >= 0.3 is 0 Å². The van der Waals surface area contributed by atoms with E-state index in [4.69, 9.17) is 9.84 Å². The summed E-state index contributed by atoms with van der Waals surface area (Å²) in [4.78, 5) is 4.05. The molecular weight excluding hydrogens is 202 g/mol. The summed E-state index contributed by atoms with van der Waals surface area (Å²) in [6, 6.07) is 0. The lowest BCUT2D eigenvalue weighted by Crippen LogP contribution is -2.17. The largest absolute Gasteiger partial charge is 0.478 e. The Bertz CT molecular complexity index is 232. The molecule has 0 amide bonds. The highest BCUT2D eigenvalue weighted by molar-refractivity contribution is 5.87. The minimum atomic E-state index is 0.127. The first kappa shape index (κ1) is 15.2. The average molecular weight is 227 g/mol. The van der Waals surface area contributed by atoms with Crippen molar-refractivity contribution >= 4 is 5.90 Å². The van der Waals surface area contributed by atoms with E-state index in [1.807, 2.05) is 12.2 Å². The fourth-order valence-electron chi connectivity index (χ4n) is 1.27. The molecule has 0 aliphatic carbocycles. The molecule has 0 aliphatic heterocycles. The smallest absolute Gasteiger partial charge is 0.207 e. The molecule has 3 heteroatoms. The summed E-state index contributed by atoms with van der Waals surface area (Å²) in [6.07, 6.45) is 6.64. The highest BCUT2D eigenvalue weighted by Crippen LogP contribution is 2.24. The Hall–Kier alpha value is -0.830. The Morgan fingerprint density at radius 3 is 2.56 bits per heavy atom. The predicted molar refractivity (Wildman–Crippen MR) is 68.8 cm³/mol. The SMILES string of the molecule is CC/C=C\C(=N/C)OCCC(C)(C)CCO. The maximum atomic E-state index is 8.90. The maximum Gasteiger partial charge on any atom is 0.207 e. The number of ether oxygens (including phenoxy) is 1. The van der Waals surface area contributed by atoms with E-state index >= 15 is 0 Å². The number of allylic oxidation sites excluding steroid dienone is 1. The summed E-state index contributed by atoms with van der Waals surface area (Å²) in [6.45, 7) is 7.23. The second-order valence-corrected chi connectivity index (χ2v) is 4.61. The van der Waals surface area contributed by atoms with Crippen LogP contribution in [-0.2, 0) is 4.74 Å². The van der Waals surface area contributed by atoms with Gasteiger partial charge < -0.3 is 9.84 Å². The van der Waals surface area contributed by atoms with Crippen LogP contribution in [0.2, 0.25) is 0 Å². The summed E-state index contributed by atoms with van der Waals surface area (Å²) in [5.74, 6) is 0.682. The summed E-state index contributed by atoms with van der Waals surface area (Å²) in [5.41, 5.74) is 0.127. The second kappa shape index (κ2) is 8.34. The van der Waals surface area contributed by atoms with Crippen LogP contribution in [0.3, 0.4) is 0 Å². The summed E-state index contributed by atoms with van der Waals surface area (Å²) in [5, 5.41) is 8.90. The molecule has 0 atom stereocenters. The molecule has 0 saturated heterocycles. The van der Waals surface area contributed by atoms with Gasteiger partial charge in [0, 0.05) is 13.7 Å². The lowest BCUT2D eigenvalue weighted by molar-refractivity contribution is 0.169. The van der Waals surface area contributed by atoms with Crippen molar-refractivity contribution in [3.8, 4) is 0 Å². The molecule has 0 radical (unpaired) electrons. The van der Waals surface area contributed by atoms with Crippen molar-refractivity contribution in [2.45, 2.75) is 40.0 Å². The van der Waals surface area contributed by atoms with Crippen molar-refractivity contribution in [1.29, 1.82) is 0 Å². The van der Waals surface area contributed by atoms with Crippen LogP contribution < -0.4 is 0 Å². The van der Waals surface area contributed by atoms with E-state index in [0.29, 0.717) is 12.5 Å². The molecule has 0 bridgehead atoms. The molecule has 0 aromatic heterocycles. The minimum Gasteiger partial charge on any atom is -0.478 e. The second-order valence-electron chi connectivity index (χ2n) is 4.61. The summed E-state index contributed by atoms with van der Waals surface area (Å²) >= 11 is 0. The van der Waals surface area contributed by atoms with E-state index < -0.39 is 0 Å². The molecular formula is C13H25NO2. The molecule has 1 N–H and O–H groups in total. The average Bonchev–Trinajstić information content (AvgIpc) is 2.22. The van der Waals surface area contributed by atoms with Gasteiger partial charge in [0.25, 0.3) is 0 Å². The fraction of sp³-hybridized carbons (Fsp3) is 0.769. The molecule has 0 fully saturated rings. The van der Waals surface area contributed by atoms with Gasteiger partial charge in [-0.1, -0.05) is 26.8 Å². The Labute approximate surface area is 99.2 Å². The van der Waals surface area contributed by atoms with Gasteiger partial charge in [-0.3, -0.25) is 4.99 Å². The molecule has 0 unspecified atom stereocenters. The van der Waals surface area contributed by atoms with Gasteiger partial charge in [0.1, 0.15) is 0 Å². The van der Waals surface area contributed by atoms with Gasteiger partial charge in [-0.2, -0.15) is 0 Å². The van der Waals surface area contributed by atoms with Crippen molar-refractivity contribution in [2.75, 3.05) is 20.3 Å². The molecule has 0 rings (SSSR count). The maximum absolute atomic E-state index is 8.90. The Morgan fingerprint density at radius 1 is 1.38 bits per heavy atom. The zero-order valence-corrected chi connectivity index (χ0v) is 11.0. The van der Waals surface area contributed by atoms with E-state index in [1.165, 1.54) is 0 Å². The predicted octanol–water partition coefficient (Wildman–Crippen LogP) is 2.80. The molecule has 94 valence electrons. The van der Waals surface area contributed by atoms with Crippen molar-refractivity contribution in [1.82, 2.24) is 0 Å². The summed E-state index contributed by atoms with van der Waals surface area (Å²) in [7, 11) is 1.73. The Kier molecular flexibility index (Phi) is 7.90. The van der Waals surface area contributed by atoms with Crippen molar-refractivity contribution in [2.24, 2.45) is 10.4 Å². The number of hydrogen-bond acceptors (Lipinski definition) is 3. The van der Waals surface area contributed by atoms with Crippen molar-refractivity contribution in [3.63, 3.8) is 0 Å². The molecule has 0 heterocycles. The third kappa shape index (κ3) is 7.46. The number of hydrogen-bond donors (Lipinski definition) is 1. The van der Waals surface area contributed by atoms with Crippen LogP contribution in [0.5, 0.6) is 0 Å². The standard InChI is InChI=1S/C13H25NO2/c1-5-6-7-12(14-4)16-11-9-13(2,3)8-10-15/h6-7,15H,5,8-11H2,1-4H3/b7-6-,14-12+. The van der Waals surface area contributed by atoms with E-state index in [9.17, 15) is 0 Å². The molecule has 0 spiro atoms. The van der Waals surface area contributed by atoms with Gasteiger partial charge in [-0.25, -0.2) is 0 Å². The summed E-state index contributed by atoms with van der Waals surface area (Å²) < 4.78 is 5.56. The highest BCUT2D eigenvalue weighted by Gasteiger charge is 2.16. The van der Waals surface area contributed by atoms with Crippen LogP contribution in [0.4, 0.5) is 0 Å². The zero-order valence-electron chi connectivity index (χ0n) is 11.0. The van der Waals surface area contributed by atoms with Gasteiger partial charge in [-0.05, 0) is 30.8 Å². The lowest BCUT2D eigenvalue weighted by atomic mass is 9.86. The first-order valence-corrected chi connectivity index (χ1v) is 5.92. The van der Waals surface area contributed by atoms with Crippen LogP contribution in [0.1, 0.15) is 40.0 Å². The number of aliphatic hydroxyl groups is 1. The molecule has 3 nitrogen and oxygen atoms in total. The van der Waals surface area contributed by atoms with Crippen LogP contribution >= 0.6 is 0 Å². The molecule has 0 aromatic carbocycles. The van der Waals surface area contributed by atoms with Gasteiger partial charge in [0.2, 0.25) is 5.90 Å². The zero-order chi connectivity index (χ0) is 12.4. The first-order valence-electron chi connectivity index (χ1n) is 5.92. The third-order valence-corrected chi connectivity index (χ3v) is 2.53. The number of rotatable bonds is 7. The minimum absolute atomic E-state index is 0.127. The van der Waals surface area contributed by atoms with Gasteiger partial charge in [-0.15, -0.1) is 0 Å². The van der Waals surface area contributed by atoms with E-state index in [-0.39, 0.29) is 12.0 Å². The van der Waals surface area contributed by atoms with E-state index in [1.54, 1.807) is 7.05 Å². The van der Waals surface area contributed by atoms with Gasteiger partial charge in [0.15, 0.2) is 0 Å². The normalized spacial score (nSPS) is 13.4. The molecule has 16 heavy (non-hydrogen) atoms. The molecule has 0 aromatic rings. The topological polar surface area (TPSA) is 41.8 Å². The van der Waals surface area contributed by atoms with E-state index in [0.717, 1.165) is 19.3 Å². The number of aliphatic imine (C=N–C) groups is 1. The quantitative estimate of drug-likeness (QED) is 0.537. The highest BCUT2D eigenvalue weighted by atomic mass is 16.5. The van der Waals surface area contributed by atoms with Crippen LogP contribution in [0.15, 0.2) is 17.1 Å². The Balaban J connectivity index is 3.91.